The Kier molecular flexibility index (Phi) is 11.4. The third-order valence-corrected chi connectivity index (χ3v) is 10.3. The molecular weight excluding hydrogens is 676 g/mol. The Morgan fingerprint density at radius 2 is 1.43 bits per heavy atom. The summed E-state index contributed by atoms with van der Waals surface area (Å²) in [5, 5.41) is 8.65. The fourth-order valence-electron chi connectivity index (χ4n) is 7.66. The average molecular weight is 725 g/mol. The first kappa shape index (κ1) is 37.4. The molecule has 0 bridgehead atoms. The van der Waals surface area contributed by atoms with E-state index in [1.54, 1.807) is 29.2 Å². The van der Waals surface area contributed by atoms with Gasteiger partial charge in [-0.15, -0.1) is 0 Å². The first-order valence-electron chi connectivity index (χ1n) is 18.3. The minimum Gasteiger partial charge on any atom is -0.465 e. The highest BCUT2D eigenvalue weighted by atomic mass is 16.6. The average Bonchev–Trinajstić information content (AvgIpc) is 3.71. The Hall–Kier alpha value is -5.39. The van der Waals surface area contributed by atoms with Crippen LogP contribution in [0.15, 0.2) is 72.8 Å². The lowest BCUT2D eigenvalue weighted by atomic mass is 9.81. The molecule has 1 aliphatic heterocycles. The van der Waals surface area contributed by atoms with Gasteiger partial charge >= 0.3 is 18.2 Å². The van der Waals surface area contributed by atoms with Gasteiger partial charge in [-0.25, -0.2) is 14.4 Å². The van der Waals surface area contributed by atoms with E-state index in [0.717, 1.165) is 35.1 Å². The van der Waals surface area contributed by atoms with Crippen molar-refractivity contribution < 1.29 is 38.2 Å². The summed E-state index contributed by atoms with van der Waals surface area (Å²) >= 11 is 0. The van der Waals surface area contributed by atoms with Crippen molar-refractivity contribution in [1.82, 2.24) is 15.5 Å². The van der Waals surface area contributed by atoms with Gasteiger partial charge in [-0.3, -0.25) is 9.59 Å². The number of esters is 1. The molecule has 0 radical (unpaired) electrons. The van der Waals surface area contributed by atoms with Crippen molar-refractivity contribution in [3.8, 4) is 11.1 Å². The molecule has 1 heterocycles. The molecule has 0 spiro atoms. The number of rotatable bonds is 9. The molecule has 3 N–H and O–H groups in total. The van der Waals surface area contributed by atoms with E-state index in [0.29, 0.717) is 30.6 Å². The Morgan fingerprint density at radius 3 is 2.04 bits per heavy atom. The Bertz CT molecular complexity index is 1780. The smallest absolute Gasteiger partial charge is 0.407 e. The fourth-order valence-corrected chi connectivity index (χ4v) is 7.66. The number of ether oxygens (including phenoxy) is 3. The van der Waals surface area contributed by atoms with E-state index in [2.05, 4.69) is 40.2 Å². The molecule has 3 aromatic rings. The summed E-state index contributed by atoms with van der Waals surface area (Å²) in [5.41, 5.74) is 4.68. The number of nitrogens with zero attached hydrogens (tertiary/aromatic N) is 1. The first-order chi connectivity index (χ1) is 25.4. The number of nitrogens with one attached hydrogen (secondary N) is 3. The van der Waals surface area contributed by atoms with Crippen LogP contribution in [0.25, 0.3) is 11.1 Å². The van der Waals surface area contributed by atoms with Crippen LogP contribution in [0.4, 0.5) is 15.3 Å². The second-order valence-electron chi connectivity index (χ2n) is 15.1. The predicted molar refractivity (Wildman–Crippen MR) is 198 cm³/mol. The zero-order chi connectivity index (χ0) is 37.7. The second kappa shape index (κ2) is 16.1. The zero-order valence-electron chi connectivity index (χ0n) is 30.7. The highest BCUT2D eigenvalue weighted by Gasteiger charge is 2.43. The fraction of sp³-hybridized carbons (Fsp3) is 0.439. The van der Waals surface area contributed by atoms with E-state index in [1.165, 1.54) is 7.11 Å². The summed E-state index contributed by atoms with van der Waals surface area (Å²) < 4.78 is 15.9. The molecule has 2 fully saturated rings. The highest BCUT2D eigenvalue weighted by Crippen LogP contribution is 2.44. The number of amides is 4. The lowest BCUT2D eigenvalue weighted by molar-refractivity contribution is -0.141. The van der Waals surface area contributed by atoms with Crippen LogP contribution in [-0.4, -0.2) is 79.4 Å². The lowest BCUT2D eigenvalue weighted by Crippen LogP contribution is -2.47. The van der Waals surface area contributed by atoms with Crippen molar-refractivity contribution in [2.75, 3.05) is 32.1 Å². The normalized spacial score (nSPS) is 20.8. The summed E-state index contributed by atoms with van der Waals surface area (Å²) in [6.45, 7) is 6.20. The summed E-state index contributed by atoms with van der Waals surface area (Å²) in [7, 11) is 1.30. The van der Waals surface area contributed by atoms with Gasteiger partial charge in [0, 0.05) is 30.6 Å². The number of benzene rings is 3. The van der Waals surface area contributed by atoms with Crippen LogP contribution in [0.2, 0.25) is 0 Å². The van der Waals surface area contributed by atoms with Gasteiger partial charge in [0.1, 0.15) is 18.2 Å². The number of carbonyl (C=O) groups excluding carboxylic acids is 5. The summed E-state index contributed by atoms with van der Waals surface area (Å²) in [6, 6.07) is 21.2. The minimum atomic E-state index is -0.840. The summed E-state index contributed by atoms with van der Waals surface area (Å²) in [4.78, 5) is 66.7. The van der Waals surface area contributed by atoms with Gasteiger partial charge < -0.3 is 35.1 Å². The van der Waals surface area contributed by atoms with Gasteiger partial charge in [0.2, 0.25) is 11.8 Å². The molecule has 1 saturated heterocycles. The zero-order valence-corrected chi connectivity index (χ0v) is 30.7. The molecule has 0 aromatic heterocycles. The minimum absolute atomic E-state index is 0.103. The standard InChI is InChI=1S/C41H48N4O8/c1-41(2,3)53-39(49)42-22-25-13-15-26(16-14-25)37(47)45-23-29(21-35(45)36(46)43-28-19-17-27(18-20-28)38(48)51-4)44-40(50)52-24-34-32-11-7-5-9-30(32)31-10-6-8-12-33(31)34/h5-12,17-20,25-26,29,34-35H,13-16,21-24H2,1-4H3,(H,42,49)(H,43,46)(H,44,50)/t25?,26?,29-,35-/m0/s1. The van der Waals surface area contributed by atoms with Crippen LogP contribution in [0.3, 0.4) is 0 Å². The molecule has 3 aromatic carbocycles. The van der Waals surface area contributed by atoms with Crippen molar-refractivity contribution in [3.05, 3.63) is 89.5 Å². The first-order valence-corrected chi connectivity index (χ1v) is 18.3. The van der Waals surface area contributed by atoms with E-state index in [-0.39, 0.29) is 43.2 Å². The van der Waals surface area contributed by atoms with Gasteiger partial charge in [0.15, 0.2) is 0 Å². The van der Waals surface area contributed by atoms with Crippen molar-refractivity contribution in [1.29, 1.82) is 0 Å². The molecule has 1 saturated carbocycles. The lowest BCUT2D eigenvalue weighted by Gasteiger charge is -2.32. The topological polar surface area (TPSA) is 152 Å². The van der Waals surface area contributed by atoms with E-state index >= 15 is 0 Å². The van der Waals surface area contributed by atoms with Crippen LogP contribution in [0.1, 0.15) is 80.3 Å². The Labute approximate surface area is 309 Å². The number of alkyl carbamates (subject to hydrolysis) is 2. The molecule has 2 aliphatic carbocycles. The number of anilines is 1. The van der Waals surface area contributed by atoms with Gasteiger partial charge in [-0.05, 0) is 105 Å². The van der Waals surface area contributed by atoms with Crippen molar-refractivity contribution >= 4 is 35.7 Å². The maximum Gasteiger partial charge on any atom is 0.407 e. The third kappa shape index (κ3) is 8.98. The Balaban J connectivity index is 1.09. The molecule has 53 heavy (non-hydrogen) atoms. The van der Waals surface area contributed by atoms with E-state index in [9.17, 15) is 24.0 Å². The molecule has 280 valence electrons. The molecular formula is C41H48N4O8. The molecule has 4 amide bonds. The van der Waals surface area contributed by atoms with E-state index in [1.807, 2.05) is 45.0 Å². The van der Waals surface area contributed by atoms with Crippen molar-refractivity contribution in [2.24, 2.45) is 11.8 Å². The molecule has 3 aliphatic rings. The number of carbonyl (C=O) groups is 5. The largest absolute Gasteiger partial charge is 0.465 e. The number of likely N-dealkylation sites (tertiary alicyclic amines) is 1. The van der Waals surface area contributed by atoms with E-state index in [4.69, 9.17) is 14.2 Å². The monoisotopic (exact) mass is 724 g/mol. The molecule has 12 nitrogen and oxygen atoms in total. The quantitative estimate of drug-likeness (QED) is 0.173. The molecule has 2 atom stereocenters. The van der Waals surface area contributed by atoms with Crippen LogP contribution in [-0.2, 0) is 23.8 Å². The van der Waals surface area contributed by atoms with E-state index < -0.39 is 41.7 Å². The number of hydrogen-bond donors (Lipinski definition) is 3. The van der Waals surface area contributed by atoms with Gasteiger partial charge in [0.25, 0.3) is 0 Å². The molecule has 0 unspecified atom stereocenters. The van der Waals surface area contributed by atoms with Gasteiger partial charge in [-0.1, -0.05) is 48.5 Å². The SMILES string of the molecule is COC(=O)c1ccc(NC(=O)[C@@H]2C[C@H](NC(=O)OCC3c4ccccc4-c4ccccc43)CN2C(=O)C2CCC(CNC(=O)OC(C)(C)C)CC2)cc1. The van der Waals surface area contributed by atoms with Crippen LogP contribution < -0.4 is 16.0 Å². The van der Waals surface area contributed by atoms with Gasteiger partial charge in [0.05, 0.1) is 18.7 Å². The summed E-state index contributed by atoms with van der Waals surface area (Å²) in [6.07, 6.45) is 1.85. The molecule has 6 rings (SSSR count). The Morgan fingerprint density at radius 1 is 0.811 bits per heavy atom. The predicted octanol–water partition coefficient (Wildman–Crippen LogP) is 6.25. The third-order valence-electron chi connectivity index (χ3n) is 10.3. The van der Waals surface area contributed by atoms with Crippen LogP contribution in [0.5, 0.6) is 0 Å². The molecule has 12 heteroatoms. The number of hydrogen-bond acceptors (Lipinski definition) is 8. The maximum absolute atomic E-state index is 14.1. The second-order valence-corrected chi connectivity index (χ2v) is 15.1. The summed E-state index contributed by atoms with van der Waals surface area (Å²) in [5.74, 6) is -1.21. The van der Waals surface area contributed by atoms with Crippen LogP contribution in [0, 0.1) is 11.8 Å². The van der Waals surface area contributed by atoms with Crippen LogP contribution >= 0.6 is 0 Å². The number of fused-ring (bicyclic) bond motifs is 3. The highest BCUT2D eigenvalue weighted by molar-refractivity contribution is 5.98. The van der Waals surface area contributed by atoms with Crippen molar-refractivity contribution in [3.63, 3.8) is 0 Å². The van der Waals surface area contributed by atoms with Gasteiger partial charge in [-0.2, -0.15) is 0 Å². The number of methoxy groups -OCH3 is 1. The van der Waals surface area contributed by atoms with Crippen molar-refractivity contribution in [2.45, 2.75) is 76.5 Å². The maximum atomic E-state index is 14.1.